The summed E-state index contributed by atoms with van der Waals surface area (Å²) in [5.41, 5.74) is 5.32. The highest BCUT2D eigenvalue weighted by Crippen LogP contribution is 2.34. The number of nitrogens with one attached hydrogen (secondary N) is 1. The third-order valence-electron chi connectivity index (χ3n) is 3.29. The van der Waals surface area contributed by atoms with Gasteiger partial charge in [-0.15, -0.1) is 0 Å². The fourth-order valence-corrected chi connectivity index (χ4v) is 2.77. The molecule has 0 radical (unpaired) electrons. The molecule has 0 aromatic heterocycles. The highest BCUT2D eigenvalue weighted by molar-refractivity contribution is 7.99. The second kappa shape index (κ2) is 3.74. The molecule has 2 fully saturated rings. The Balaban J connectivity index is 1.78. The molecule has 14 heavy (non-hydrogen) atoms. The molecule has 0 heterocycles. The summed E-state index contributed by atoms with van der Waals surface area (Å²) in [6.45, 7) is 0. The van der Waals surface area contributed by atoms with Gasteiger partial charge in [0, 0.05) is 11.3 Å². The van der Waals surface area contributed by atoms with Gasteiger partial charge >= 0.3 is 0 Å². The summed E-state index contributed by atoms with van der Waals surface area (Å²) >= 11 is 1.90. The van der Waals surface area contributed by atoms with Gasteiger partial charge in [0.1, 0.15) is 0 Å². The van der Waals surface area contributed by atoms with E-state index in [9.17, 15) is 4.79 Å². The summed E-state index contributed by atoms with van der Waals surface area (Å²) in [6.07, 6.45) is 7.31. The van der Waals surface area contributed by atoms with Crippen molar-refractivity contribution in [3.05, 3.63) is 0 Å². The van der Waals surface area contributed by atoms with E-state index in [1.165, 1.54) is 6.42 Å². The Morgan fingerprint density at radius 1 is 1.50 bits per heavy atom. The number of thioether (sulfide) groups is 1. The third kappa shape index (κ3) is 2.06. The second-order valence-electron chi connectivity index (χ2n) is 4.50. The fraction of sp³-hybridized carbons (Fsp3) is 0.900. The van der Waals surface area contributed by atoms with Crippen molar-refractivity contribution in [1.29, 1.82) is 0 Å². The first-order valence-corrected chi connectivity index (χ1v) is 6.55. The van der Waals surface area contributed by atoms with E-state index in [2.05, 4.69) is 11.6 Å². The molecule has 80 valence electrons. The van der Waals surface area contributed by atoms with Gasteiger partial charge < -0.3 is 11.1 Å². The summed E-state index contributed by atoms with van der Waals surface area (Å²) in [6, 6.07) is 0.376. The Hall–Kier alpha value is -0.220. The molecular weight excluding hydrogens is 196 g/mol. The topological polar surface area (TPSA) is 55.1 Å². The Bertz CT molecular complexity index is 240. The molecule has 3 nitrogen and oxygen atoms in total. The molecular formula is C10H18N2OS. The van der Waals surface area contributed by atoms with Crippen LogP contribution in [0.1, 0.15) is 32.1 Å². The van der Waals surface area contributed by atoms with Crippen LogP contribution < -0.4 is 11.1 Å². The van der Waals surface area contributed by atoms with Gasteiger partial charge in [0.05, 0.1) is 5.54 Å². The number of amides is 1. The van der Waals surface area contributed by atoms with Gasteiger partial charge in [-0.1, -0.05) is 0 Å². The molecule has 1 amide bonds. The maximum absolute atomic E-state index is 11.6. The lowest BCUT2D eigenvalue weighted by atomic mass is 10.2. The quantitative estimate of drug-likeness (QED) is 0.733. The van der Waals surface area contributed by atoms with Crippen LogP contribution in [-0.2, 0) is 4.79 Å². The van der Waals surface area contributed by atoms with Gasteiger partial charge in [0.15, 0.2) is 0 Å². The average Bonchev–Trinajstić information content (AvgIpc) is 2.77. The van der Waals surface area contributed by atoms with Crippen molar-refractivity contribution in [2.75, 3.05) is 6.26 Å². The Kier molecular flexibility index (Phi) is 2.75. The molecule has 0 bridgehead atoms. The van der Waals surface area contributed by atoms with Gasteiger partial charge in [-0.2, -0.15) is 11.8 Å². The average molecular weight is 214 g/mol. The standard InChI is InChI=1S/C10H18N2OS/c1-14-8-3-2-7(6-8)12-9(13)10(11)4-5-10/h7-8H,2-6,11H2,1H3,(H,12,13). The van der Waals surface area contributed by atoms with E-state index < -0.39 is 5.54 Å². The molecule has 2 atom stereocenters. The van der Waals surface area contributed by atoms with Crippen molar-refractivity contribution < 1.29 is 4.79 Å². The van der Waals surface area contributed by atoms with Crippen molar-refractivity contribution in [2.45, 2.75) is 48.9 Å². The van der Waals surface area contributed by atoms with Crippen LogP contribution in [0.25, 0.3) is 0 Å². The highest BCUT2D eigenvalue weighted by atomic mass is 32.2. The van der Waals surface area contributed by atoms with Gasteiger partial charge in [0.25, 0.3) is 0 Å². The molecule has 2 rings (SSSR count). The van der Waals surface area contributed by atoms with Gasteiger partial charge in [-0.3, -0.25) is 4.79 Å². The van der Waals surface area contributed by atoms with Gasteiger partial charge in [-0.25, -0.2) is 0 Å². The third-order valence-corrected chi connectivity index (χ3v) is 4.39. The van der Waals surface area contributed by atoms with Crippen molar-refractivity contribution >= 4 is 17.7 Å². The van der Waals surface area contributed by atoms with Crippen LogP contribution in [0.2, 0.25) is 0 Å². The summed E-state index contributed by atoms with van der Waals surface area (Å²) in [4.78, 5) is 11.6. The SMILES string of the molecule is CSC1CCC(NC(=O)C2(N)CC2)C1. The number of rotatable bonds is 3. The molecule has 3 N–H and O–H groups in total. The fourth-order valence-electron chi connectivity index (χ4n) is 1.98. The Morgan fingerprint density at radius 3 is 2.71 bits per heavy atom. The van der Waals surface area contributed by atoms with Crippen molar-refractivity contribution in [1.82, 2.24) is 5.32 Å². The van der Waals surface area contributed by atoms with Crippen molar-refractivity contribution in [2.24, 2.45) is 5.73 Å². The van der Waals surface area contributed by atoms with Crippen LogP contribution in [0.5, 0.6) is 0 Å². The Labute approximate surface area is 89.2 Å². The lowest BCUT2D eigenvalue weighted by Crippen LogP contribution is -2.46. The lowest BCUT2D eigenvalue weighted by Gasteiger charge is -2.15. The molecule has 4 heteroatoms. The van der Waals surface area contributed by atoms with Gasteiger partial charge in [-0.05, 0) is 38.4 Å². The maximum Gasteiger partial charge on any atom is 0.240 e. The molecule has 2 aliphatic carbocycles. The van der Waals surface area contributed by atoms with E-state index in [1.54, 1.807) is 0 Å². The van der Waals surface area contributed by atoms with Crippen LogP contribution >= 0.6 is 11.8 Å². The smallest absolute Gasteiger partial charge is 0.240 e. The zero-order valence-corrected chi connectivity index (χ0v) is 9.40. The molecule has 0 aromatic rings. The Morgan fingerprint density at radius 2 is 2.21 bits per heavy atom. The molecule has 0 saturated heterocycles. The van der Waals surface area contributed by atoms with Crippen molar-refractivity contribution in [3.8, 4) is 0 Å². The summed E-state index contributed by atoms with van der Waals surface area (Å²) in [7, 11) is 0. The van der Waals surface area contributed by atoms with Gasteiger partial charge in [0.2, 0.25) is 5.91 Å². The molecule has 2 aliphatic rings. The predicted octanol–water partition coefficient (Wildman–Crippen LogP) is 0.878. The monoisotopic (exact) mass is 214 g/mol. The summed E-state index contributed by atoms with van der Waals surface area (Å²) < 4.78 is 0. The van der Waals surface area contributed by atoms with Crippen LogP contribution in [0.4, 0.5) is 0 Å². The van der Waals surface area contributed by atoms with Crippen LogP contribution in [0.15, 0.2) is 0 Å². The lowest BCUT2D eigenvalue weighted by molar-refractivity contribution is -0.123. The first-order chi connectivity index (χ1) is 6.64. The molecule has 0 aliphatic heterocycles. The van der Waals surface area contributed by atoms with E-state index >= 15 is 0 Å². The van der Waals surface area contributed by atoms with Crippen LogP contribution in [0.3, 0.4) is 0 Å². The zero-order chi connectivity index (χ0) is 10.2. The van der Waals surface area contributed by atoms with E-state index in [0.29, 0.717) is 6.04 Å². The van der Waals surface area contributed by atoms with E-state index in [-0.39, 0.29) is 5.91 Å². The first-order valence-electron chi connectivity index (χ1n) is 5.27. The maximum atomic E-state index is 11.6. The number of carbonyl (C=O) groups excluding carboxylic acids is 1. The largest absolute Gasteiger partial charge is 0.352 e. The van der Waals surface area contributed by atoms with Crippen LogP contribution in [0, 0.1) is 0 Å². The number of hydrogen-bond acceptors (Lipinski definition) is 3. The number of nitrogens with two attached hydrogens (primary N) is 1. The van der Waals surface area contributed by atoms with Crippen molar-refractivity contribution in [3.63, 3.8) is 0 Å². The highest BCUT2D eigenvalue weighted by Gasteiger charge is 2.46. The normalized spacial score (nSPS) is 34.1. The number of hydrogen-bond donors (Lipinski definition) is 2. The predicted molar refractivity (Wildman–Crippen MR) is 59.2 cm³/mol. The zero-order valence-electron chi connectivity index (χ0n) is 8.58. The second-order valence-corrected chi connectivity index (χ2v) is 5.64. The molecule has 0 aromatic carbocycles. The minimum atomic E-state index is -0.503. The van der Waals surface area contributed by atoms with E-state index in [0.717, 1.165) is 30.9 Å². The summed E-state index contributed by atoms with van der Waals surface area (Å²) in [5, 5.41) is 3.80. The minimum absolute atomic E-state index is 0.0734. The number of carbonyl (C=O) groups is 1. The molecule has 0 spiro atoms. The molecule has 2 saturated carbocycles. The van der Waals surface area contributed by atoms with E-state index in [4.69, 9.17) is 5.73 Å². The van der Waals surface area contributed by atoms with Crippen LogP contribution in [-0.4, -0.2) is 29.0 Å². The minimum Gasteiger partial charge on any atom is -0.352 e. The van der Waals surface area contributed by atoms with E-state index in [1.807, 2.05) is 11.8 Å². The first kappa shape index (κ1) is 10.3. The summed E-state index contributed by atoms with van der Waals surface area (Å²) in [5.74, 6) is 0.0734. The molecule has 2 unspecified atom stereocenters.